The molecular formula is C29H40ClN3O3. The topological polar surface area (TPSA) is 83.5 Å². The predicted octanol–water partition coefficient (Wildman–Crippen LogP) is 5.01. The minimum atomic E-state index is -0.767. The van der Waals surface area contributed by atoms with E-state index in [2.05, 4.69) is 44.4 Å². The summed E-state index contributed by atoms with van der Waals surface area (Å²) < 4.78 is 6.50. The number of amides is 1. The molecule has 3 N–H and O–H groups in total. The fourth-order valence-electron chi connectivity index (χ4n) is 5.46. The fraction of sp³-hybridized carbons (Fsp3) is 0.586. The zero-order chi connectivity index (χ0) is 26.1. The summed E-state index contributed by atoms with van der Waals surface area (Å²) in [5.41, 5.74) is 3.21. The molecule has 5 atom stereocenters. The van der Waals surface area contributed by atoms with Crippen LogP contribution in [0.1, 0.15) is 76.6 Å². The van der Waals surface area contributed by atoms with Crippen LogP contribution in [0.4, 0.5) is 0 Å². The summed E-state index contributed by atoms with van der Waals surface area (Å²) in [6.07, 6.45) is 5.63. The standard InChI is InChI=1S/C29H40ClN3O3/c1-18-10-11-29(18)15-25(23-12-21(14-28(3,4)5)16-32-27(23)36-29)31-17-26(35)24(33-19(2)34)13-20-6-8-22(30)9-7-20/h6-9,12,16,18,24-26,31,35H,10-11,13-15,17H2,1-5H3,(H,33,34)/t18-,24+,25+,26-,29-/m1/s1. The molecule has 6 nitrogen and oxygen atoms in total. The Hall–Kier alpha value is -2.15. The van der Waals surface area contributed by atoms with Crippen LogP contribution < -0.4 is 15.4 Å². The zero-order valence-corrected chi connectivity index (χ0v) is 22.9. The fourth-order valence-corrected chi connectivity index (χ4v) is 5.59. The maximum absolute atomic E-state index is 11.9. The molecule has 0 radical (unpaired) electrons. The molecule has 2 heterocycles. The quantitative estimate of drug-likeness (QED) is 0.462. The molecule has 0 unspecified atom stereocenters. The molecule has 1 spiro atoms. The lowest BCUT2D eigenvalue weighted by molar-refractivity contribution is -0.120. The Morgan fingerprint density at radius 3 is 2.58 bits per heavy atom. The van der Waals surface area contributed by atoms with Gasteiger partial charge in [-0.05, 0) is 66.3 Å². The van der Waals surface area contributed by atoms with Crippen molar-refractivity contribution in [2.75, 3.05) is 6.54 Å². The van der Waals surface area contributed by atoms with Crippen molar-refractivity contribution in [1.29, 1.82) is 0 Å². The molecule has 1 aliphatic carbocycles. The van der Waals surface area contributed by atoms with Gasteiger partial charge in [0.15, 0.2) is 0 Å². The van der Waals surface area contributed by atoms with Crippen molar-refractivity contribution in [3.05, 3.63) is 58.2 Å². The van der Waals surface area contributed by atoms with E-state index in [4.69, 9.17) is 21.3 Å². The Bertz CT molecular complexity index is 1070. The van der Waals surface area contributed by atoms with Crippen molar-refractivity contribution in [2.45, 2.75) is 90.5 Å². The van der Waals surface area contributed by atoms with Gasteiger partial charge in [0.25, 0.3) is 0 Å². The van der Waals surface area contributed by atoms with E-state index in [1.807, 2.05) is 30.5 Å². The number of aromatic nitrogens is 1. The third-order valence-corrected chi connectivity index (χ3v) is 7.84. The number of aliphatic hydroxyl groups is 1. The van der Waals surface area contributed by atoms with E-state index >= 15 is 0 Å². The molecular weight excluding hydrogens is 474 g/mol. The predicted molar refractivity (Wildman–Crippen MR) is 143 cm³/mol. The summed E-state index contributed by atoms with van der Waals surface area (Å²) in [7, 11) is 0. The lowest BCUT2D eigenvalue weighted by Gasteiger charge is -2.52. The van der Waals surface area contributed by atoms with Crippen LogP contribution in [0.2, 0.25) is 5.02 Å². The van der Waals surface area contributed by atoms with Gasteiger partial charge in [0.05, 0.1) is 12.1 Å². The van der Waals surface area contributed by atoms with Gasteiger partial charge in [0, 0.05) is 42.7 Å². The molecule has 1 aromatic carbocycles. The Morgan fingerprint density at radius 1 is 1.28 bits per heavy atom. The number of nitrogens with zero attached hydrogens (tertiary/aromatic N) is 1. The summed E-state index contributed by atoms with van der Waals surface area (Å²) in [6.45, 7) is 10.7. The van der Waals surface area contributed by atoms with E-state index < -0.39 is 12.1 Å². The highest BCUT2D eigenvalue weighted by Gasteiger charge is 2.51. The average Bonchev–Trinajstić information content (AvgIpc) is 2.81. The number of halogens is 1. The van der Waals surface area contributed by atoms with Crippen LogP contribution >= 0.6 is 11.6 Å². The van der Waals surface area contributed by atoms with Gasteiger partial charge < -0.3 is 20.5 Å². The normalized spacial score (nSPS) is 24.9. The Labute approximate surface area is 220 Å². The summed E-state index contributed by atoms with van der Waals surface area (Å²) in [5, 5.41) is 18.4. The summed E-state index contributed by atoms with van der Waals surface area (Å²) >= 11 is 6.02. The van der Waals surface area contributed by atoms with Crippen LogP contribution in [0, 0.1) is 11.3 Å². The summed E-state index contributed by atoms with van der Waals surface area (Å²) in [6, 6.07) is 9.32. The van der Waals surface area contributed by atoms with Crippen molar-refractivity contribution in [1.82, 2.24) is 15.6 Å². The van der Waals surface area contributed by atoms with Gasteiger partial charge in [0.1, 0.15) is 5.60 Å². The third-order valence-electron chi connectivity index (χ3n) is 7.59. The number of nitrogens with one attached hydrogen (secondary N) is 2. The first-order valence-corrected chi connectivity index (χ1v) is 13.4. The van der Waals surface area contributed by atoms with Gasteiger partial charge in [-0.1, -0.05) is 51.4 Å². The average molecular weight is 514 g/mol. The molecule has 4 rings (SSSR count). The molecule has 1 aromatic heterocycles. The second-order valence-corrected chi connectivity index (χ2v) is 12.4. The highest BCUT2D eigenvalue weighted by molar-refractivity contribution is 6.30. The number of rotatable bonds is 8. The van der Waals surface area contributed by atoms with E-state index in [9.17, 15) is 9.90 Å². The van der Waals surface area contributed by atoms with Crippen LogP contribution in [0.15, 0.2) is 36.5 Å². The number of carbonyl (C=O) groups is 1. The van der Waals surface area contributed by atoms with Gasteiger partial charge >= 0.3 is 0 Å². The van der Waals surface area contributed by atoms with Crippen LogP contribution in [0.5, 0.6) is 5.88 Å². The number of benzene rings is 1. The third kappa shape index (κ3) is 6.39. The van der Waals surface area contributed by atoms with E-state index in [0.29, 0.717) is 29.8 Å². The van der Waals surface area contributed by atoms with E-state index in [1.54, 1.807) is 0 Å². The number of ether oxygens (including phenoxy) is 1. The van der Waals surface area contributed by atoms with E-state index in [0.717, 1.165) is 36.8 Å². The highest BCUT2D eigenvalue weighted by Crippen LogP contribution is 2.51. The molecule has 0 saturated heterocycles. The Kier molecular flexibility index (Phi) is 7.98. The first-order chi connectivity index (χ1) is 16.9. The Balaban J connectivity index is 1.52. The molecule has 1 amide bonds. The van der Waals surface area contributed by atoms with Crippen LogP contribution in [-0.4, -0.2) is 40.3 Å². The van der Waals surface area contributed by atoms with E-state index in [-0.39, 0.29) is 23.0 Å². The first kappa shape index (κ1) is 26.9. The van der Waals surface area contributed by atoms with Crippen molar-refractivity contribution >= 4 is 17.5 Å². The lowest BCUT2D eigenvalue weighted by atomic mass is 9.65. The number of aliphatic hydroxyl groups excluding tert-OH is 1. The molecule has 7 heteroatoms. The zero-order valence-electron chi connectivity index (χ0n) is 22.1. The van der Waals surface area contributed by atoms with Crippen LogP contribution in [-0.2, 0) is 17.6 Å². The van der Waals surface area contributed by atoms with Crippen molar-refractivity contribution < 1.29 is 14.6 Å². The second-order valence-electron chi connectivity index (χ2n) is 12.0. The lowest BCUT2D eigenvalue weighted by Crippen LogP contribution is -2.56. The van der Waals surface area contributed by atoms with Crippen molar-refractivity contribution in [3.63, 3.8) is 0 Å². The van der Waals surface area contributed by atoms with Crippen molar-refractivity contribution in [2.24, 2.45) is 11.3 Å². The van der Waals surface area contributed by atoms with Gasteiger partial charge in [0.2, 0.25) is 11.8 Å². The summed E-state index contributed by atoms with van der Waals surface area (Å²) in [5.74, 6) is 1.01. The number of hydrogen-bond acceptors (Lipinski definition) is 5. The monoisotopic (exact) mass is 513 g/mol. The Morgan fingerprint density at radius 2 is 2.00 bits per heavy atom. The number of pyridine rings is 1. The maximum Gasteiger partial charge on any atom is 0.218 e. The van der Waals surface area contributed by atoms with Gasteiger partial charge in [-0.3, -0.25) is 4.79 Å². The molecule has 196 valence electrons. The highest BCUT2D eigenvalue weighted by atomic mass is 35.5. The summed E-state index contributed by atoms with van der Waals surface area (Å²) in [4.78, 5) is 16.6. The maximum atomic E-state index is 11.9. The second kappa shape index (κ2) is 10.7. The number of fused-ring (bicyclic) bond motifs is 1. The minimum absolute atomic E-state index is 0.0204. The van der Waals surface area contributed by atoms with Crippen LogP contribution in [0.25, 0.3) is 0 Å². The molecule has 2 aromatic rings. The first-order valence-electron chi connectivity index (χ1n) is 13.0. The number of carbonyl (C=O) groups excluding carboxylic acids is 1. The van der Waals surface area contributed by atoms with Gasteiger partial charge in [-0.15, -0.1) is 0 Å². The van der Waals surface area contributed by atoms with Gasteiger partial charge in [-0.2, -0.15) is 0 Å². The van der Waals surface area contributed by atoms with E-state index in [1.165, 1.54) is 12.5 Å². The molecule has 1 saturated carbocycles. The number of hydrogen-bond donors (Lipinski definition) is 3. The molecule has 2 aliphatic rings. The van der Waals surface area contributed by atoms with Crippen LogP contribution in [0.3, 0.4) is 0 Å². The largest absolute Gasteiger partial charge is 0.470 e. The SMILES string of the molecule is CC(=O)N[C@@H](Cc1ccc(Cl)cc1)[C@H](O)CN[C@H]1C[C@@]2(CC[C@H]2C)Oc2ncc(CC(C)(C)C)cc21. The minimum Gasteiger partial charge on any atom is -0.470 e. The smallest absolute Gasteiger partial charge is 0.218 e. The molecule has 1 aliphatic heterocycles. The van der Waals surface area contributed by atoms with Gasteiger partial charge in [-0.25, -0.2) is 4.98 Å². The molecule has 0 bridgehead atoms. The van der Waals surface area contributed by atoms with Crippen molar-refractivity contribution in [3.8, 4) is 5.88 Å². The molecule has 36 heavy (non-hydrogen) atoms. The molecule has 1 fully saturated rings.